The van der Waals surface area contributed by atoms with Crippen LogP contribution in [0.25, 0.3) is 0 Å². The quantitative estimate of drug-likeness (QED) is 0.470. The van der Waals surface area contributed by atoms with E-state index in [-0.39, 0.29) is 46.6 Å². The Morgan fingerprint density at radius 1 is 1.25 bits per heavy atom. The Labute approximate surface area is 216 Å². The van der Waals surface area contributed by atoms with E-state index < -0.39 is 6.09 Å². The topological polar surface area (TPSA) is 89.1 Å². The Bertz CT molecular complexity index is 1030. The maximum Gasteiger partial charge on any atom is 0.411 e. The average Bonchev–Trinajstić information content (AvgIpc) is 2.85. The van der Waals surface area contributed by atoms with Gasteiger partial charge in [-0.25, -0.2) is 9.18 Å². The van der Waals surface area contributed by atoms with Crippen molar-refractivity contribution in [2.24, 2.45) is 5.92 Å². The first-order valence-corrected chi connectivity index (χ1v) is 12.4. The van der Waals surface area contributed by atoms with Crippen LogP contribution in [0.5, 0.6) is 5.75 Å². The summed E-state index contributed by atoms with van der Waals surface area (Å²) >= 11 is 6.35. The van der Waals surface area contributed by atoms with Crippen molar-refractivity contribution in [1.82, 2.24) is 10.2 Å². The Hall–Kier alpha value is -2.88. The molecule has 2 aromatic carbocycles. The molecule has 1 fully saturated rings. The van der Waals surface area contributed by atoms with Crippen molar-refractivity contribution in [3.8, 4) is 5.75 Å². The lowest BCUT2D eigenvalue weighted by atomic mass is 10.1. The highest BCUT2D eigenvalue weighted by Gasteiger charge is 2.23. The Kier molecular flexibility index (Phi) is 10.3. The minimum absolute atomic E-state index is 0.185. The van der Waals surface area contributed by atoms with Gasteiger partial charge in [-0.05, 0) is 36.6 Å². The molecule has 1 unspecified atom stereocenters. The second-order valence-corrected chi connectivity index (χ2v) is 9.35. The number of morpholine rings is 1. The van der Waals surface area contributed by atoms with E-state index in [9.17, 15) is 14.0 Å². The molecule has 0 bridgehead atoms. The van der Waals surface area contributed by atoms with Crippen molar-refractivity contribution in [2.75, 3.05) is 44.8 Å². The summed E-state index contributed by atoms with van der Waals surface area (Å²) in [5, 5.41) is 5.66. The molecule has 1 aliphatic heterocycles. The van der Waals surface area contributed by atoms with Crippen molar-refractivity contribution in [1.29, 1.82) is 0 Å². The summed E-state index contributed by atoms with van der Waals surface area (Å²) in [5.74, 6) is -0.142. The van der Waals surface area contributed by atoms with E-state index in [1.807, 2.05) is 13.8 Å². The average molecular weight is 522 g/mol. The van der Waals surface area contributed by atoms with E-state index in [0.29, 0.717) is 38.6 Å². The summed E-state index contributed by atoms with van der Waals surface area (Å²) in [6, 6.07) is 9.40. The fraction of sp³-hybridized carbons (Fsp3) is 0.462. The van der Waals surface area contributed by atoms with Crippen molar-refractivity contribution in [3.05, 3.63) is 58.4 Å². The third-order valence-electron chi connectivity index (χ3n) is 5.43. The molecule has 1 saturated heterocycles. The molecule has 10 heteroatoms. The first-order valence-electron chi connectivity index (χ1n) is 12.0. The van der Waals surface area contributed by atoms with Gasteiger partial charge >= 0.3 is 6.09 Å². The maximum absolute atomic E-state index is 13.2. The van der Waals surface area contributed by atoms with Crippen LogP contribution in [0.4, 0.5) is 14.9 Å². The number of carbonyl (C=O) groups excluding carboxylic acids is 2. The monoisotopic (exact) mass is 521 g/mol. The molecule has 2 aromatic rings. The molecular weight excluding hydrogens is 489 g/mol. The van der Waals surface area contributed by atoms with Crippen LogP contribution in [-0.4, -0.2) is 62.5 Å². The lowest BCUT2D eigenvalue weighted by Crippen LogP contribution is -2.47. The lowest BCUT2D eigenvalue weighted by Gasteiger charge is -2.33. The minimum atomic E-state index is -0.634. The highest BCUT2D eigenvalue weighted by Crippen LogP contribution is 2.31. The van der Waals surface area contributed by atoms with E-state index in [1.165, 1.54) is 24.3 Å². The van der Waals surface area contributed by atoms with Gasteiger partial charge in [-0.15, -0.1) is 0 Å². The number of nitrogens with one attached hydrogen (secondary N) is 2. The number of ether oxygens (including phenoxy) is 3. The zero-order chi connectivity index (χ0) is 26.1. The molecular formula is C26H33ClFN3O5. The number of benzene rings is 2. The molecule has 0 saturated carbocycles. The van der Waals surface area contributed by atoms with Gasteiger partial charge in [0.05, 0.1) is 42.2 Å². The fourth-order valence-corrected chi connectivity index (χ4v) is 3.90. The summed E-state index contributed by atoms with van der Waals surface area (Å²) in [6.45, 7) is 9.13. The van der Waals surface area contributed by atoms with Gasteiger partial charge in [0.1, 0.15) is 11.6 Å². The van der Waals surface area contributed by atoms with Crippen LogP contribution in [0.15, 0.2) is 36.4 Å². The van der Waals surface area contributed by atoms with Crippen LogP contribution in [0.2, 0.25) is 5.02 Å². The summed E-state index contributed by atoms with van der Waals surface area (Å²) in [6.07, 6.45) is -0.837. The highest BCUT2D eigenvalue weighted by molar-refractivity contribution is 6.34. The normalized spacial score (nSPS) is 16.0. The Balaban J connectivity index is 1.60. The van der Waals surface area contributed by atoms with Crippen LogP contribution >= 0.6 is 11.6 Å². The predicted molar refractivity (Wildman–Crippen MR) is 136 cm³/mol. The van der Waals surface area contributed by atoms with E-state index in [0.717, 1.165) is 12.1 Å². The van der Waals surface area contributed by atoms with Gasteiger partial charge in [-0.3, -0.25) is 15.0 Å². The predicted octanol–water partition coefficient (Wildman–Crippen LogP) is 4.71. The molecule has 3 rings (SSSR count). The first kappa shape index (κ1) is 27.7. The van der Waals surface area contributed by atoms with Gasteiger partial charge in [0, 0.05) is 32.2 Å². The highest BCUT2D eigenvalue weighted by atomic mass is 35.5. The Morgan fingerprint density at radius 3 is 2.69 bits per heavy atom. The number of halogens is 2. The number of nitrogens with zero attached hydrogens (tertiary/aromatic N) is 1. The van der Waals surface area contributed by atoms with Crippen molar-refractivity contribution >= 4 is 29.3 Å². The standard InChI is InChI=1S/C26H33ClFN3O5/c1-4-34-24-12-23(30-26(33)36-16-17(2)3)22(27)11-21(24)25(32)29-13-20-15-31(9-10-35-20)14-18-5-7-19(28)8-6-18/h5-8,11-12,17,20H,4,9-10,13-16H2,1-3H3,(H,29,32)(H,30,33). The number of hydrogen-bond donors (Lipinski definition) is 2. The van der Waals surface area contributed by atoms with Crippen LogP contribution in [0, 0.1) is 11.7 Å². The van der Waals surface area contributed by atoms with Crippen LogP contribution < -0.4 is 15.4 Å². The molecule has 0 aromatic heterocycles. The Morgan fingerprint density at radius 2 is 2.00 bits per heavy atom. The fourth-order valence-electron chi connectivity index (χ4n) is 3.69. The molecule has 36 heavy (non-hydrogen) atoms. The second kappa shape index (κ2) is 13.4. The summed E-state index contributed by atoms with van der Waals surface area (Å²) in [5.41, 5.74) is 1.55. The second-order valence-electron chi connectivity index (χ2n) is 8.94. The smallest absolute Gasteiger partial charge is 0.411 e. The molecule has 0 aliphatic carbocycles. The largest absolute Gasteiger partial charge is 0.493 e. The number of amides is 2. The summed E-state index contributed by atoms with van der Waals surface area (Å²) in [7, 11) is 0. The van der Waals surface area contributed by atoms with Crippen LogP contribution in [0.1, 0.15) is 36.7 Å². The molecule has 8 nitrogen and oxygen atoms in total. The molecule has 2 amide bonds. The number of rotatable bonds is 10. The number of carbonyl (C=O) groups is 2. The zero-order valence-electron chi connectivity index (χ0n) is 20.8. The zero-order valence-corrected chi connectivity index (χ0v) is 21.6. The van der Waals surface area contributed by atoms with Crippen LogP contribution in [0.3, 0.4) is 0 Å². The van der Waals surface area contributed by atoms with E-state index in [1.54, 1.807) is 19.1 Å². The van der Waals surface area contributed by atoms with Crippen LogP contribution in [-0.2, 0) is 16.0 Å². The van der Waals surface area contributed by atoms with Gasteiger partial charge in [-0.1, -0.05) is 37.6 Å². The van der Waals surface area contributed by atoms with Gasteiger partial charge in [0.15, 0.2) is 0 Å². The van der Waals surface area contributed by atoms with Crippen molar-refractivity contribution in [2.45, 2.75) is 33.4 Å². The first-order chi connectivity index (χ1) is 17.2. The van der Waals surface area contributed by atoms with E-state index in [4.69, 9.17) is 25.8 Å². The van der Waals surface area contributed by atoms with Crippen molar-refractivity contribution < 1.29 is 28.2 Å². The van der Waals surface area contributed by atoms with E-state index in [2.05, 4.69) is 15.5 Å². The molecule has 1 aliphatic rings. The molecule has 0 radical (unpaired) electrons. The molecule has 1 heterocycles. The maximum atomic E-state index is 13.2. The van der Waals surface area contributed by atoms with Gasteiger partial charge < -0.3 is 19.5 Å². The van der Waals surface area contributed by atoms with E-state index >= 15 is 0 Å². The third kappa shape index (κ3) is 8.36. The van der Waals surface area contributed by atoms with Gasteiger partial charge in [-0.2, -0.15) is 0 Å². The van der Waals surface area contributed by atoms with Crippen molar-refractivity contribution in [3.63, 3.8) is 0 Å². The summed E-state index contributed by atoms with van der Waals surface area (Å²) < 4.78 is 29.8. The molecule has 2 N–H and O–H groups in total. The molecule has 1 atom stereocenters. The lowest BCUT2D eigenvalue weighted by molar-refractivity contribution is -0.0292. The third-order valence-corrected chi connectivity index (χ3v) is 5.74. The molecule has 196 valence electrons. The SMILES string of the molecule is CCOc1cc(NC(=O)OCC(C)C)c(Cl)cc1C(=O)NCC1CN(Cc2ccc(F)cc2)CCO1. The summed E-state index contributed by atoms with van der Waals surface area (Å²) in [4.78, 5) is 27.2. The molecule has 0 spiro atoms. The minimum Gasteiger partial charge on any atom is -0.493 e. The van der Waals surface area contributed by atoms with Gasteiger partial charge in [0.25, 0.3) is 5.91 Å². The number of hydrogen-bond acceptors (Lipinski definition) is 6. The number of anilines is 1. The van der Waals surface area contributed by atoms with Gasteiger partial charge in [0.2, 0.25) is 0 Å².